The van der Waals surface area contributed by atoms with E-state index in [0.29, 0.717) is 18.6 Å². The molecule has 0 aliphatic heterocycles. The molecule has 0 spiro atoms. The van der Waals surface area contributed by atoms with Crippen LogP contribution in [0.25, 0.3) is 0 Å². The number of carbonyl (C=O) groups excluding carboxylic acids is 1. The molecule has 1 heterocycles. The van der Waals surface area contributed by atoms with E-state index in [9.17, 15) is 4.79 Å². The van der Waals surface area contributed by atoms with Crippen LogP contribution in [0.5, 0.6) is 0 Å². The number of aromatic nitrogens is 1. The maximum atomic E-state index is 11.6. The predicted molar refractivity (Wildman–Crippen MR) is 59.0 cm³/mol. The van der Waals surface area contributed by atoms with Crippen molar-refractivity contribution in [1.29, 1.82) is 0 Å². The molecule has 0 atom stereocenters. The quantitative estimate of drug-likeness (QED) is 0.531. The Balaban J connectivity index is 2.40. The Labute approximate surface area is 90.5 Å². The van der Waals surface area contributed by atoms with Gasteiger partial charge in [0.05, 0.1) is 6.61 Å². The smallest absolute Gasteiger partial charge is 0.166 e. The van der Waals surface area contributed by atoms with Crippen molar-refractivity contribution < 1.29 is 9.53 Å². The summed E-state index contributed by atoms with van der Waals surface area (Å²) in [6.45, 7) is 5.20. The Morgan fingerprint density at radius 2 is 2.20 bits per heavy atom. The van der Waals surface area contributed by atoms with Gasteiger partial charge in [-0.15, -0.1) is 0 Å². The van der Waals surface area contributed by atoms with Crippen LogP contribution in [-0.2, 0) is 4.74 Å². The molecular formula is C12H17NO2. The van der Waals surface area contributed by atoms with Crippen LogP contribution in [0.15, 0.2) is 18.5 Å². The summed E-state index contributed by atoms with van der Waals surface area (Å²) >= 11 is 0. The number of hydrogen-bond donors (Lipinski definition) is 0. The molecule has 0 amide bonds. The Morgan fingerprint density at radius 3 is 2.87 bits per heavy atom. The van der Waals surface area contributed by atoms with Gasteiger partial charge in [0.2, 0.25) is 0 Å². The Bertz CT molecular complexity index is 323. The molecule has 0 bridgehead atoms. The fraction of sp³-hybridized carbons (Fsp3) is 0.500. The minimum Gasteiger partial charge on any atom is -0.381 e. The van der Waals surface area contributed by atoms with Crippen LogP contribution in [-0.4, -0.2) is 24.0 Å². The van der Waals surface area contributed by atoms with Crippen molar-refractivity contribution in [3.63, 3.8) is 0 Å². The molecule has 0 fully saturated rings. The van der Waals surface area contributed by atoms with E-state index in [1.807, 2.05) is 19.9 Å². The third-order valence-corrected chi connectivity index (χ3v) is 2.02. The molecule has 1 aromatic rings. The first-order valence-electron chi connectivity index (χ1n) is 5.26. The van der Waals surface area contributed by atoms with Crippen LogP contribution < -0.4 is 0 Å². The zero-order chi connectivity index (χ0) is 11.1. The summed E-state index contributed by atoms with van der Waals surface area (Å²) in [6.07, 6.45) is 4.77. The molecule has 1 aromatic heterocycles. The van der Waals surface area contributed by atoms with Crippen molar-refractivity contribution in [2.75, 3.05) is 13.2 Å². The van der Waals surface area contributed by atoms with Gasteiger partial charge in [0.1, 0.15) is 0 Å². The number of pyridine rings is 1. The van der Waals surface area contributed by atoms with Crippen molar-refractivity contribution in [3.8, 4) is 0 Å². The van der Waals surface area contributed by atoms with Gasteiger partial charge in [0, 0.05) is 31.0 Å². The van der Waals surface area contributed by atoms with Crippen LogP contribution >= 0.6 is 0 Å². The van der Waals surface area contributed by atoms with Crippen LogP contribution in [0.1, 0.15) is 35.7 Å². The van der Waals surface area contributed by atoms with Crippen LogP contribution in [0.4, 0.5) is 0 Å². The topological polar surface area (TPSA) is 39.2 Å². The van der Waals surface area contributed by atoms with Gasteiger partial charge in [0.25, 0.3) is 0 Å². The lowest BCUT2D eigenvalue weighted by Gasteiger charge is -2.02. The van der Waals surface area contributed by atoms with Crippen molar-refractivity contribution in [1.82, 2.24) is 4.98 Å². The average molecular weight is 207 g/mol. The number of ketones is 1. The van der Waals surface area contributed by atoms with E-state index in [2.05, 4.69) is 4.98 Å². The van der Waals surface area contributed by atoms with E-state index in [0.717, 1.165) is 18.6 Å². The van der Waals surface area contributed by atoms with Gasteiger partial charge in [0.15, 0.2) is 5.78 Å². The first-order valence-corrected chi connectivity index (χ1v) is 5.26. The third kappa shape index (κ3) is 4.21. The Kier molecular flexibility index (Phi) is 4.98. The number of Topliss-reactive ketones (excluding diaryl/α,β-unsaturated/α-hetero) is 1. The second-order valence-corrected chi connectivity index (χ2v) is 3.54. The van der Waals surface area contributed by atoms with Gasteiger partial charge >= 0.3 is 0 Å². The molecule has 0 N–H and O–H groups in total. The predicted octanol–water partition coefficient (Wildman–Crippen LogP) is 2.39. The summed E-state index contributed by atoms with van der Waals surface area (Å²) < 4.78 is 5.26. The number of aryl methyl sites for hydroxylation is 1. The highest BCUT2D eigenvalue weighted by Crippen LogP contribution is 2.04. The summed E-state index contributed by atoms with van der Waals surface area (Å²) in [5, 5.41) is 0. The number of nitrogens with zero attached hydrogens (tertiary/aromatic N) is 1. The minimum absolute atomic E-state index is 0.0994. The summed E-state index contributed by atoms with van der Waals surface area (Å²) in [7, 11) is 0. The van der Waals surface area contributed by atoms with Gasteiger partial charge in [-0.3, -0.25) is 9.78 Å². The van der Waals surface area contributed by atoms with Crippen molar-refractivity contribution >= 4 is 5.78 Å². The molecule has 3 nitrogen and oxygen atoms in total. The van der Waals surface area contributed by atoms with Crippen LogP contribution in [0, 0.1) is 6.92 Å². The molecular weight excluding hydrogens is 190 g/mol. The molecule has 15 heavy (non-hydrogen) atoms. The van der Waals surface area contributed by atoms with E-state index >= 15 is 0 Å². The summed E-state index contributed by atoms with van der Waals surface area (Å²) in [5.41, 5.74) is 1.69. The lowest BCUT2D eigenvalue weighted by Crippen LogP contribution is -2.05. The Hall–Kier alpha value is -1.22. The third-order valence-electron chi connectivity index (χ3n) is 2.02. The minimum atomic E-state index is 0.0994. The molecule has 0 radical (unpaired) electrons. The van der Waals surface area contributed by atoms with E-state index in [1.165, 1.54) is 0 Å². The second kappa shape index (κ2) is 6.30. The first kappa shape index (κ1) is 11.9. The highest BCUT2D eigenvalue weighted by molar-refractivity contribution is 5.95. The summed E-state index contributed by atoms with van der Waals surface area (Å²) in [6, 6.07) is 1.86. The molecule has 0 aromatic carbocycles. The number of hydrogen-bond acceptors (Lipinski definition) is 3. The van der Waals surface area contributed by atoms with E-state index < -0.39 is 0 Å². The van der Waals surface area contributed by atoms with Crippen LogP contribution in [0.3, 0.4) is 0 Å². The highest BCUT2D eigenvalue weighted by atomic mass is 16.5. The fourth-order valence-corrected chi connectivity index (χ4v) is 1.26. The molecule has 0 aliphatic carbocycles. The van der Waals surface area contributed by atoms with Gasteiger partial charge in [-0.05, 0) is 25.0 Å². The zero-order valence-electron chi connectivity index (χ0n) is 9.32. The maximum Gasteiger partial charge on any atom is 0.166 e. The fourth-order valence-electron chi connectivity index (χ4n) is 1.26. The SMILES string of the molecule is CCCOCCC(=O)c1cncc(C)c1. The molecule has 0 saturated carbocycles. The molecule has 1 rings (SSSR count). The molecule has 0 aliphatic rings. The van der Waals surface area contributed by atoms with Gasteiger partial charge in [-0.2, -0.15) is 0 Å². The van der Waals surface area contributed by atoms with Crippen LogP contribution in [0.2, 0.25) is 0 Å². The lowest BCUT2D eigenvalue weighted by atomic mass is 10.1. The number of ether oxygens (including phenoxy) is 1. The standard InChI is InChI=1S/C12H17NO2/c1-3-5-15-6-4-12(14)11-7-10(2)8-13-9-11/h7-9H,3-6H2,1-2H3. The molecule has 0 saturated heterocycles. The first-order chi connectivity index (χ1) is 7.24. The van der Waals surface area contributed by atoms with Gasteiger partial charge in [-0.1, -0.05) is 6.92 Å². The zero-order valence-corrected chi connectivity index (χ0v) is 9.32. The largest absolute Gasteiger partial charge is 0.381 e. The van der Waals surface area contributed by atoms with Gasteiger partial charge in [-0.25, -0.2) is 0 Å². The highest BCUT2D eigenvalue weighted by Gasteiger charge is 2.05. The van der Waals surface area contributed by atoms with E-state index in [-0.39, 0.29) is 5.78 Å². The number of carbonyl (C=O) groups is 1. The second-order valence-electron chi connectivity index (χ2n) is 3.54. The van der Waals surface area contributed by atoms with Crippen molar-refractivity contribution in [2.45, 2.75) is 26.7 Å². The van der Waals surface area contributed by atoms with Crippen molar-refractivity contribution in [3.05, 3.63) is 29.6 Å². The monoisotopic (exact) mass is 207 g/mol. The van der Waals surface area contributed by atoms with E-state index in [4.69, 9.17) is 4.74 Å². The summed E-state index contributed by atoms with van der Waals surface area (Å²) in [5.74, 6) is 0.0994. The molecule has 0 unspecified atom stereocenters. The van der Waals surface area contributed by atoms with Crippen molar-refractivity contribution in [2.24, 2.45) is 0 Å². The summed E-state index contributed by atoms with van der Waals surface area (Å²) in [4.78, 5) is 15.6. The maximum absolute atomic E-state index is 11.6. The molecule has 3 heteroatoms. The normalized spacial score (nSPS) is 10.3. The van der Waals surface area contributed by atoms with Gasteiger partial charge < -0.3 is 4.74 Å². The average Bonchev–Trinajstić information content (AvgIpc) is 2.24. The molecule has 82 valence electrons. The Morgan fingerprint density at radius 1 is 1.40 bits per heavy atom. The van der Waals surface area contributed by atoms with E-state index in [1.54, 1.807) is 12.4 Å². The lowest BCUT2D eigenvalue weighted by molar-refractivity contribution is 0.0878. The number of rotatable bonds is 6.